The summed E-state index contributed by atoms with van der Waals surface area (Å²) < 4.78 is 7.06. The number of aromatic amines is 1. The molecule has 4 rings (SSSR count). The van der Waals surface area contributed by atoms with Crippen LogP contribution in [0.25, 0.3) is 11.4 Å². The second kappa shape index (κ2) is 5.89. The Labute approximate surface area is 137 Å². The molecule has 4 heterocycles. The van der Waals surface area contributed by atoms with Crippen LogP contribution < -0.4 is 5.32 Å². The molecule has 0 aliphatic carbocycles. The molecule has 0 bridgehead atoms. The molecule has 8 heteroatoms. The van der Waals surface area contributed by atoms with Crippen molar-refractivity contribution >= 4 is 11.7 Å². The number of nitrogens with zero attached hydrogens (tertiary/aromatic N) is 4. The summed E-state index contributed by atoms with van der Waals surface area (Å²) in [6.45, 7) is 1.15. The van der Waals surface area contributed by atoms with Crippen LogP contribution in [0, 0.1) is 0 Å². The Morgan fingerprint density at radius 3 is 3.21 bits per heavy atom. The van der Waals surface area contributed by atoms with Crippen molar-refractivity contribution in [3.8, 4) is 11.4 Å². The van der Waals surface area contributed by atoms with Gasteiger partial charge in [-0.1, -0.05) is 0 Å². The number of H-pyrrole nitrogens is 1. The Morgan fingerprint density at radius 2 is 2.33 bits per heavy atom. The van der Waals surface area contributed by atoms with E-state index in [4.69, 9.17) is 4.74 Å². The van der Waals surface area contributed by atoms with Gasteiger partial charge < -0.3 is 19.6 Å². The lowest BCUT2D eigenvalue weighted by Crippen LogP contribution is -2.16. The highest BCUT2D eigenvalue weighted by Crippen LogP contribution is 2.31. The minimum Gasteiger partial charge on any atom is -0.377 e. The molecule has 1 amide bonds. The van der Waals surface area contributed by atoms with E-state index in [1.165, 1.54) is 0 Å². The minimum absolute atomic E-state index is 0.231. The standard InChI is InChI=1S/C16H16N6O2/c1-24-9-13-17-4-2-12(20-13)21-16(23)10-8-19-11-3-6-22-7-5-18-15(22)14(10)11/h2,4-5,7-8,19H,3,6,9H2,1H3,(H,17,20,21,23). The molecule has 0 unspecified atom stereocenters. The van der Waals surface area contributed by atoms with Crippen LogP contribution >= 0.6 is 0 Å². The molecule has 3 aromatic heterocycles. The third kappa shape index (κ3) is 2.46. The van der Waals surface area contributed by atoms with E-state index in [0.717, 1.165) is 30.0 Å². The fraction of sp³-hybridized carbons (Fsp3) is 0.250. The fourth-order valence-corrected chi connectivity index (χ4v) is 2.90. The molecule has 3 aromatic rings. The van der Waals surface area contributed by atoms with E-state index in [9.17, 15) is 4.79 Å². The van der Waals surface area contributed by atoms with Gasteiger partial charge in [0.2, 0.25) is 0 Å². The number of methoxy groups -OCH3 is 1. The summed E-state index contributed by atoms with van der Waals surface area (Å²) in [6.07, 6.45) is 7.84. The summed E-state index contributed by atoms with van der Waals surface area (Å²) in [4.78, 5) is 28.6. The molecule has 0 saturated carbocycles. The summed E-state index contributed by atoms with van der Waals surface area (Å²) in [5.74, 6) is 1.54. The number of hydrogen-bond acceptors (Lipinski definition) is 5. The van der Waals surface area contributed by atoms with Crippen LogP contribution in [0.2, 0.25) is 0 Å². The molecule has 8 nitrogen and oxygen atoms in total. The first-order valence-corrected chi connectivity index (χ1v) is 7.60. The maximum absolute atomic E-state index is 12.7. The molecule has 24 heavy (non-hydrogen) atoms. The van der Waals surface area contributed by atoms with Crippen molar-refractivity contribution in [1.29, 1.82) is 0 Å². The average Bonchev–Trinajstić information content (AvgIpc) is 3.21. The van der Waals surface area contributed by atoms with Gasteiger partial charge in [0.25, 0.3) is 5.91 Å². The number of nitrogens with one attached hydrogen (secondary N) is 2. The first kappa shape index (κ1) is 14.6. The first-order valence-electron chi connectivity index (χ1n) is 7.60. The van der Waals surface area contributed by atoms with Crippen molar-refractivity contribution in [1.82, 2.24) is 24.5 Å². The van der Waals surface area contributed by atoms with Gasteiger partial charge in [-0.15, -0.1) is 0 Å². The van der Waals surface area contributed by atoms with E-state index < -0.39 is 0 Å². The number of imidazole rings is 1. The Kier molecular flexibility index (Phi) is 3.58. The van der Waals surface area contributed by atoms with E-state index in [1.54, 1.807) is 31.8 Å². The Bertz CT molecular complexity index is 898. The normalized spacial score (nSPS) is 12.5. The summed E-state index contributed by atoms with van der Waals surface area (Å²) in [6, 6.07) is 1.65. The number of ether oxygens (including phenoxy) is 1. The third-order valence-electron chi connectivity index (χ3n) is 3.97. The van der Waals surface area contributed by atoms with Crippen LogP contribution in [0.4, 0.5) is 5.82 Å². The summed E-state index contributed by atoms with van der Waals surface area (Å²) in [7, 11) is 1.57. The molecule has 1 aliphatic rings. The van der Waals surface area contributed by atoms with E-state index in [-0.39, 0.29) is 5.91 Å². The molecule has 1 aliphatic heterocycles. The second-order valence-corrected chi connectivity index (χ2v) is 5.50. The SMILES string of the molecule is COCc1nccc(NC(=O)c2c[nH]c3c2-c2nccn2CC3)n1. The number of anilines is 1. The highest BCUT2D eigenvalue weighted by atomic mass is 16.5. The molecular weight excluding hydrogens is 308 g/mol. The number of carbonyl (C=O) groups is 1. The number of carbonyl (C=O) groups excluding carboxylic acids is 1. The Balaban J connectivity index is 1.63. The molecule has 0 radical (unpaired) electrons. The Morgan fingerprint density at radius 1 is 1.42 bits per heavy atom. The molecular formula is C16H16N6O2. The van der Waals surface area contributed by atoms with Crippen LogP contribution in [0.1, 0.15) is 21.9 Å². The number of aromatic nitrogens is 5. The molecule has 0 saturated heterocycles. The zero-order valence-corrected chi connectivity index (χ0v) is 13.1. The van der Waals surface area contributed by atoms with Crippen molar-refractivity contribution < 1.29 is 9.53 Å². The molecule has 0 spiro atoms. The molecule has 2 N–H and O–H groups in total. The molecule has 0 fully saturated rings. The zero-order valence-electron chi connectivity index (χ0n) is 13.1. The minimum atomic E-state index is -0.231. The van der Waals surface area contributed by atoms with Gasteiger partial charge in [0, 0.05) is 50.6 Å². The average molecular weight is 324 g/mol. The third-order valence-corrected chi connectivity index (χ3v) is 3.97. The van der Waals surface area contributed by atoms with Gasteiger partial charge in [0.1, 0.15) is 18.2 Å². The lowest BCUT2D eigenvalue weighted by atomic mass is 10.0. The van der Waals surface area contributed by atoms with E-state index in [2.05, 4.69) is 25.3 Å². The summed E-state index contributed by atoms with van der Waals surface area (Å²) in [5.41, 5.74) is 2.44. The molecule has 122 valence electrons. The van der Waals surface area contributed by atoms with Gasteiger partial charge in [-0.25, -0.2) is 15.0 Å². The van der Waals surface area contributed by atoms with Crippen molar-refractivity contribution in [2.45, 2.75) is 19.6 Å². The van der Waals surface area contributed by atoms with Gasteiger partial charge in [-0.05, 0) is 6.07 Å². The van der Waals surface area contributed by atoms with Gasteiger partial charge in [0.15, 0.2) is 5.82 Å². The molecule has 0 atom stereocenters. The van der Waals surface area contributed by atoms with Crippen LogP contribution in [0.15, 0.2) is 30.9 Å². The van der Waals surface area contributed by atoms with Crippen molar-refractivity contribution in [3.05, 3.63) is 47.9 Å². The topological polar surface area (TPSA) is 97.7 Å². The lowest BCUT2D eigenvalue weighted by molar-refractivity contribution is 0.102. The quantitative estimate of drug-likeness (QED) is 0.760. The second-order valence-electron chi connectivity index (χ2n) is 5.50. The lowest BCUT2D eigenvalue weighted by Gasteiger charge is -2.15. The number of fused-ring (bicyclic) bond motifs is 3. The van der Waals surface area contributed by atoms with E-state index in [1.807, 2.05) is 10.8 Å². The monoisotopic (exact) mass is 324 g/mol. The van der Waals surface area contributed by atoms with Gasteiger partial charge in [0.05, 0.1) is 11.1 Å². The number of hydrogen-bond donors (Lipinski definition) is 2. The van der Waals surface area contributed by atoms with Crippen LogP contribution in [-0.2, 0) is 24.3 Å². The number of rotatable bonds is 4. The van der Waals surface area contributed by atoms with E-state index in [0.29, 0.717) is 23.8 Å². The summed E-state index contributed by atoms with van der Waals surface area (Å²) in [5, 5.41) is 2.81. The van der Waals surface area contributed by atoms with Crippen LogP contribution in [0.5, 0.6) is 0 Å². The highest BCUT2D eigenvalue weighted by Gasteiger charge is 2.25. The summed E-state index contributed by atoms with van der Waals surface area (Å²) >= 11 is 0. The van der Waals surface area contributed by atoms with Crippen LogP contribution in [-0.4, -0.2) is 37.5 Å². The number of amides is 1. The van der Waals surface area contributed by atoms with Crippen molar-refractivity contribution in [2.24, 2.45) is 0 Å². The first-order chi connectivity index (χ1) is 11.8. The van der Waals surface area contributed by atoms with Crippen LogP contribution in [0.3, 0.4) is 0 Å². The molecule has 0 aromatic carbocycles. The van der Waals surface area contributed by atoms with Crippen molar-refractivity contribution in [3.63, 3.8) is 0 Å². The van der Waals surface area contributed by atoms with Gasteiger partial charge >= 0.3 is 0 Å². The van der Waals surface area contributed by atoms with Gasteiger partial charge in [-0.2, -0.15) is 0 Å². The maximum atomic E-state index is 12.7. The predicted octanol–water partition coefficient (Wildman–Crippen LogP) is 1.62. The maximum Gasteiger partial charge on any atom is 0.259 e. The largest absolute Gasteiger partial charge is 0.377 e. The fourth-order valence-electron chi connectivity index (χ4n) is 2.90. The zero-order chi connectivity index (χ0) is 16.5. The van der Waals surface area contributed by atoms with E-state index >= 15 is 0 Å². The van der Waals surface area contributed by atoms with Crippen molar-refractivity contribution in [2.75, 3.05) is 12.4 Å². The Hall–Kier alpha value is -3.00. The highest BCUT2D eigenvalue weighted by molar-refractivity contribution is 6.08. The predicted molar refractivity (Wildman–Crippen MR) is 86.4 cm³/mol. The number of aryl methyl sites for hydroxylation is 2. The van der Waals surface area contributed by atoms with Gasteiger partial charge in [-0.3, -0.25) is 4.79 Å². The smallest absolute Gasteiger partial charge is 0.259 e.